The van der Waals surface area contributed by atoms with E-state index in [1.54, 1.807) is 32.9 Å². The average molecular weight is 422 g/mol. The van der Waals surface area contributed by atoms with Gasteiger partial charge >= 0.3 is 12.1 Å². The number of carboxylic acids is 1. The van der Waals surface area contributed by atoms with Crippen LogP contribution in [0, 0.1) is 11.3 Å². The van der Waals surface area contributed by atoms with Crippen LogP contribution in [0.5, 0.6) is 5.75 Å². The Morgan fingerprint density at radius 2 is 1.77 bits per heavy atom. The van der Waals surface area contributed by atoms with Gasteiger partial charge in [0, 0.05) is 12.0 Å². The van der Waals surface area contributed by atoms with Crippen molar-refractivity contribution in [2.75, 3.05) is 6.54 Å². The van der Waals surface area contributed by atoms with Gasteiger partial charge in [0.2, 0.25) is 0 Å². The highest BCUT2D eigenvalue weighted by Crippen LogP contribution is 2.45. The van der Waals surface area contributed by atoms with Crippen LogP contribution in [0.4, 0.5) is 4.79 Å². The zero-order chi connectivity index (χ0) is 22.6. The first kappa shape index (κ1) is 22.2. The first-order valence-corrected chi connectivity index (χ1v) is 10.1. The lowest BCUT2D eigenvalue weighted by molar-refractivity contribution is -0.138. The summed E-state index contributed by atoms with van der Waals surface area (Å²) < 4.78 is 11.2. The second-order valence-corrected chi connectivity index (χ2v) is 8.58. The maximum atomic E-state index is 12.5. The molecule has 0 aromatic heterocycles. The molecule has 1 N–H and O–H groups in total. The number of carbonyl (C=O) groups excluding carboxylic acids is 1. The number of benzene rings is 2. The van der Waals surface area contributed by atoms with E-state index in [1.165, 1.54) is 4.90 Å². The standard InChI is InChI=1S/C24H26N2O5/c1-24(2,3)31-23(29)26(14-22(27)28)21-12-20(21)18-8-10-19(11-9-18)30-15-17-6-4-16(13-25)5-7-17/h4-11,20-21H,12,14-15H2,1-3H3,(H,27,28)/t20-,21+/m0/s1. The molecule has 1 amide bonds. The molecule has 31 heavy (non-hydrogen) atoms. The lowest BCUT2D eigenvalue weighted by atomic mass is 10.1. The minimum Gasteiger partial charge on any atom is -0.489 e. The Labute approximate surface area is 181 Å². The third-order valence-corrected chi connectivity index (χ3v) is 4.89. The number of amides is 1. The summed E-state index contributed by atoms with van der Waals surface area (Å²) in [6.07, 6.45) is 0.0857. The van der Waals surface area contributed by atoms with Gasteiger partial charge in [-0.1, -0.05) is 24.3 Å². The molecule has 2 aromatic rings. The van der Waals surface area contributed by atoms with Gasteiger partial charge < -0.3 is 14.6 Å². The topological polar surface area (TPSA) is 99.9 Å². The average Bonchev–Trinajstić information content (AvgIpc) is 3.50. The van der Waals surface area contributed by atoms with E-state index in [-0.39, 0.29) is 18.5 Å². The minimum absolute atomic E-state index is 0.0689. The number of carboxylic acid groups (broad SMARTS) is 1. The van der Waals surface area contributed by atoms with Crippen LogP contribution in [-0.4, -0.2) is 40.3 Å². The molecule has 0 bridgehead atoms. The van der Waals surface area contributed by atoms with E-state index in [9.17, 15) is 14.7 Å². The maximum Gasteiger partial charge on any atom is 0.411 e. The highest BCUT2D eigenvalue weighted by molar-refractivity contribution is 5.77. The molecule has 1 saturated carbocycles. The van der Waals surface area contributed by atoms with Gasteiger partial charge in [-0.25, -0.2) is 4.79 Å². The molecule has 0 heterocycles. The molecular formula is C24H26N2O5. The predicted molar refractivity (Wildman–Crippen MR) is 114 cm³/mol. The quantitative estimate of drug-likeness (QED) is 0.713. The number of nitriles is 1. The molecule has 7 heteroatoms. The van der Waals surface area contributed by atoms with Crippen molar-refractivity contribution in [2.24, 2.45) is 0 Å². The molecule has 162 valence electrons. The highest BCUT2D eigenvalue weighted by atomic mass is 16.6. The van der Waals surface area contributed by atoms with Crippen LogP contribution < -0.4 is 4.74 Å². The second kappa shape index (κ2) is 9.09. The lowest BCUT2D eigenvalue weighted by Gasteiger charge is -2.26. The zero-order valence-electron chi connectivity index (χ0n) is 17.9. The van der Waals surface area contributed by atoms with Crippen molar-refractivity contribution < 1.29 is 24.2 Å². The molecule has 0 unspecified atom stereocenters. The number of hydrogen-bond acceptors (Lipinski definition) is 5. The van der Waals surface area contributed by atoms with Crippen molar-refractivity contribution in [2.45, 2.75) is 51.4 Å². The molecule has 0 radical (unpaired) electrons. The largest absolute Gasteiger partial charge is 0.489 e. The van der Waals surface area contributed by atoms with E-state index in [1.807, 2.05) is 36.4 Å². The number of ether oxygens (including phenoxy) is 2. The Kier molecular flexibility index (Phi) is 6.50. The van der Waals surface area contributed by atoms with Crippen molar-refractivity contribution in [1.29, 1.82) is 5.26 Å². The van der Waals surface area contributed by atoms with Gasteiger partial charge in [-0.2, -0.15) is 5.26 Å². The molecule has 2 aromatic carbocycles. The van der Waals surface area contributed by atoms with Crippen LogP contribution in [0.1, 0.15) is 49.8 Å². The summed E-state index contributed by atoms with van der Waals surface area (Å²) in [6.45, 7) is 5.27. The monoisotopic (exact) mass is 422 g/mol. The molecule has 0 saturated heterocycles. The van der Waals surface area contributed by atoms with E-state index in [4.69, 9.17) is 14.7 Å². The fraction of sp³-hybridized carbons (Fsp3) is 0.375. The molecular weight excluding hydrogens is 396 g/mol. The normalized spacial score (nSPS) is 17.4. The maximum absolute atomic E-state index is 12.5. The Morgan fingerprint density at radius 3 is 2.32 bits per heavy atom. The first-order chi connectivity index (χ1) is 14.7. The fourth-order valence-corrected chi connectivity index (χ4v) is 3.32. The Balaban J connectivity index is 1.59. The third-order valence-electron chi connectivity index (χ3n) is 4.89. The highest BCUT2D eigenvalue weighted by Gasteiger charge is 2.46. The molecule has 7 nitrogen and oxygen atoms in total. The van der Waals surface area contributed by atoms with Gasteiger partial charge in [0.05, 0.1) is 11.6 Å². The van der Waals surface area contributed by atoms with Crippen molar-refractivity contribution in [3.63, 3.8) is 0 Å². The number of carbonyl (C=O) groups is 2. The van der Waals surface area contributed by atoms with Crippen LogP contribution in [-0.2, 0) is 16.1 Å². The summed E-state index contributed by atoms with van der Waals surface area (Å²) in [4.78, 5) is 25.0. The van der Waals surface area contributed by atoms with Crippen LogP contribution in [0.25, 0.3) is 0 Å². The molecule has 0 aliphatic heterocycles. The molecule has 1 aliphatic carbocycles. The van der Waals surface area contributed by atoms with Crippen molar-refractivity contribution in [1.82, 2.24) is 4.90 Å². The van der Waals surface area contributed by atoms with E-state index in [0.717, 1.165) is 11.1 Å². The first-order valence-electron chi connectivity index (χ1n) is 10.1. The van der Waals surface area contributed by atoms with E-state index >= 15 is 0 Å². The zero-order valence-corrected chi connectivity index (χ0v) is 17.9. The van der Waals surface area contributed by atoms with Gasteiger partial charge in [0.25, 0.3) is 0 Å². The van der Waals surface area contributed by atoms with Crippen LogP contribution in [0.3, 0.4) is 0 Å². The Morgan fingerprint density at radius 1 is 1.13 bits per heavy atom. The summed E-state index contributed by atoms with van der Waals surface area (Å²) >= 11 is 0. The smallest absolute Gasteiger partial charge is 0.411 e. The van der Waals surface area contributed by atoms with Gasteiger partial charge in [-0.15, -0.1) is 0 Å². The molecule has 3 rings (SSSR count). The fourth-order valence-electron chi connectivity index (χ4n) is 3.32. The number of nitrogens with zero attached hydrogens (tertiary/aromatic N) is 2. The third kappa shape index (κ3) is 6.22. The molecule has 0 spiro atoms. The summed E-state index contributed by atoms with van der Waals surface area (Å²) in [6, 6.07) is 16.7. The van der Waals surface area contributed by atoms with Crippen molar-refractivity contribution >= 4 is 12.1 Å². The van der Waals surface area contributed by atoms with Gasteiger partial charge in [0.1, 0.15) is 24.5 Å². The number of rotatable bonds is 7. The SMILES string of the molecule is CC(C)(C)OC(=O)N(CC(=O)O)[C@@H]1C[C@H]1c1ccc(OCc2ccc(C#N)cc2)cc1. The molecule has 2 atom stereocenters. The minimum atomic E-state index is -1.07. The van der Waals surface area contributed by atoms with Crippen LogP contribution in [0.15, 0.2) is 48.5 Å². The Bertz CT molecular complexity index is 971. The van der Waals surface area contributed by atoms with E-state index in [2.05, 4.69) is 6.07 Å². The summed E-state index contributed by atoms with van der Waals surface area (Å²) in [7, 11) is 0. The number of aliphatic carboxylic acids is 1. The lowest BCUT2D eigenvalue weighted by Crippen LogP contribution is -2.41. The van der Waals surface area contributed by atoms with E-state index in [0.29, 0.717) is 24.3 Å². The number of hydrogen-bond donors (Lipinski definition) is 1. The summed E-state index contributed by atoms with van der Waals surface area (Å²) in [5, 5.41) is 18.1. The van der Waals surface area contributed by atoms with Gasteiger partial charge in [-0.3, -0.25) is 9.69 Å². The second-order valence-electron chi connectivity index (χ2n) is 8.58. The predicted octanol–water partition coefficient (Wildman–Crippen LogP) is 4.31. The molecule has 1 fully saturated rings. The van der Waals surface area contributed by atoms with Gasteiger partial charge in [-0.05, 0) is 62.6 Å². The molecule has 1 aliphatic rings. The van der Waals surface area contributed by atoms with Crippen LogP contribution in [0.2, 0.25) is 0 Å². The van der Waals surface area contributed by atoms with Crippen LogP contribution >= 0.6 is 0 Å². The summed E-state index contributed by atoms with van der Waals surface area (Å²) in [5.74, 6) is -0.289. The van der Waals surface area contributed by atoms with Crippen molar-refractivity contribution in [3.8, 4) is 11.8 Å². The Hall–Kier alpha value is -3.53. The van der Waals surface area contributed by atoms with Crippen molar-refractivity contribution in [3.05, 3.63) is 65.2 Å². The van der Waals surface area contributed by atoms with Gasteiger partial charge in [0.15, 0.2) is 0 Å². The summed E-state index contributed by atoms with van der Waals surface area (Å²) in [5.41, 5.74) is 1.91. The van der Waals surface area contributed by atoms with E-state index < -0.39 is 17.7 Å².